The van der Waals surface area contributed by atoms with E-state index in [4.69, 9.17) is 9.47 Å². The molecular weight excluding hydrogens is 216 g/mol. The van der Waals surface area contributed by atoms with Crippen LogP contribution in [0.5, 0.6) is 0 Å². The average Bonchev–Trinajstić information content (AvgIpc) is 2.76. The van der Waals surface area contributed by atoms with Crippen LogP contribution in [-0.4, -0.2) is 30.2 Å². The summed E-state index contributed by atoms with van der Waals surface area (Å²) in [6, 6.07) is 0. The molecule has 0 amide bonds. The van der Waals surface area contributed by atoms with E-state index in [1.165, 1.54) is 0 Å². The first-order valence-corrected chi connectivity index (χ1v) is 6.92. The zero-order chi connectivity index (χ0) is 12.9. The Kier molecular flexibility index (Phi) is 5.90. The van der Waals surface area contributed by atoms with E-state index in [1.807, 2.05) is 0 Å². The van der Waals surface area contributed by atoms with Crippen LogP contribution < -0.4 is 0 Å². The minimum absolute atomic E-state index is 0.00110. The predicted molar refractivity (Wildman–Crippen MR) is 68.8 cm³/mol. The second kappa shape index (κ2) is 6.72. The number of unbranched alkanes of at least 4 members (excludes halogenated alkanes) is 1. The van der Waals surface area contributed by atoms with Crippen molar-refractivity contribution in [2.45, 2.75) is 65.3 Å². The summed E-state index contributed by atoms with van der Waals surface area (Å²) >= 11 is 0. The van der Waals surface area contributed by atoms with E-state index < -0.39 is 5.60 Å². The van der Waals surface area contributed by atoms with Gasteiger partial charge in [-0.05, 0) is 31.1 Å². The molecule has 0 aromatic carbocycles. The second-order valence-corrected chi connectivity index (χ2v) is 5.72. The quantitative estimate of drug-likeness (QED) is 0.700. The lowest BCUT2D eigenvalue weighted by Crippen LogP contribution is -2.40. The number of aliphatic hydroxyl groups is 1. The van der Waals surface area contributed by atoms with Gasteiger partial charge in [-0.15, -0.1) is 0 Å². The van der Waals surface area contributed by atoms with E-state index in [9.17, 15) is 5.11 Å². The molecule has 1 aliphatic rings. The summed E-state index contributed by atoms with van der Waals surface area (Å²) < 4.78 is 10.8. The van der Waals surface area contributed by atoms with E-state index in [0.29, 0.717) is 11.8 Å². The van der Waals surface area contributed by atoms with E-state index >= 15 is 0 Å². The number of ether oxygens (including phenoxy) is 2. The molecule has 1 rings (SSSR count). The van der Waals surface area contributed by atoms with Gasteiger partial charge in [-0.3, -0.25) is 0 Å². The zero-order valence-electron chi connectivity index (χ0n) is 11.7. The summed E-state index contributed by atoms with van der Waals surface area (Å²) in [5.41, 5.74) is -0.530. The zero-order valence-corrected chi connectivity index (χ0v) is 11.7. The molecule has 0 spiro atoms. The highest BCUT2D eigenvalue weighted by atomic mass is 16.7. The van der Waals surface area contributed by atoms with E-state index in [1.54, 1.807) is 0 Å². The van der Waals surface area contributed by atoms with Gasteiger partial charge in [-0.2, -0.15) is 0 Å². The summed E-state index contributed by atoms with van der Waals surface area (Å²) in [4.78, 5) is 0. The van der Waals surface area contributed by atoms with Crippen molar-refractivity contribution in [1.29, 1.82) is 0 Å². The number of hydrogen-bond acceptors (Lipinski definition) is 3. The van der Waals surface area contributed by atoms with Crippen molar-refractivity contribution < 1.29 is 14.6 Å². The van der Waals surface area contributed by atoms with E-state index in [2.05, 4.69) is 27.7 Å². The highest BCUT2D eigenvalue weighted by molar-refractivity contribution is 4.84. The van der Waals surface area contributed by atoms with Crippen molar-refractivity contribution in [2.75, 3.05) is 13.2 Å². The summed E-state index contributed by atoms with van der Waals surface area (Å²) in [7, 11) is 0. The van der Waals surface area contributed by atoms with Gasteiger partial charge >= 0.3 is 0 Å². The predicted octanol–water partition coefficient (Wildman–Crippen LogP) is 2.96. The molecule has 0 unspecified atom stereocenters. The van der Waals surface area contributed by atoms with Crippen LogP contribution in [0.3, 0.4) is 0 Å². The third-order valence-corrected chi connectivity index (χ3v) is 3.96. The van der Waals surface area contributed by atoms with Gasteiger partial charge in [0.05, 0.1) is 18.8 Å². The van der Waals surface area contributed by atoms with Crippen LogP contribution in [-0.2, 0) is 9.47 Å². The fraction of sp³-hybridized carbons (Fsp3) is 1.00. The lowest BCUT2D eigenvalue weighted by molar-refractivity contribution is -0.0630. The molecule has 0 bridgehead atoms. The molecule has 3 heteroatoms. The Labute approximate surface area is 105 Å². The Balaban J connectivity index is 2.22. The summed E-state index contributed by atoms with van der Waals surface area (Å²) in [5.74, 6) is 0.614. The molecule has 1 heterocycles. The average molecular weight is 244 g/mol. The van der Waals surface area contributed by atoms with Crippen molar-refractivity contribution in [2.24, 2.45) is 11.8 Å². The minimum Gasteiger partial charge on any atom is -0.389 e. The standard InChI is InChI=1S/C14H28O3/c1-11(2)14(15,12(3)4)8-6-5-7-13-16-9-10-17-13/h11-13,15H,5-10H2,1-4H3. The summed E-state index contributed by atoms with van der Waals surface area (Å²) in [6.45, 7) is 9.86. The van der Waals surface area contributed by atoms with Gasteiger partial charge < -0.3 is 14.6 Å². The summed E-state index contributed by atoms with van der Waals surface area (Å²) in [5, 5.41) is 10.6. The van der Waals surface area contributed by atoms with Gasteiger partial charge in [0.1, 0.15) is 0 Å². The third kappa shape index (κ3) is 4.23. The molecule has 3 nitrogen and oxygen atoms in total. The van der Waals surface area contributed by atoms with Crippen LogP contribution >= 0.6 is 0 Å². The van der Waals surface area contributed by atoms with Crippen molar-refractivity contribution in [1.82, 2.24) is 0 Å². The van der Waals surface area contributed by atoms with Gasteiger partial charge in [-0.1, -0.05) is 34.1 Å². The van der Waals surface area contributed by atoms with E-state index in [0.717, 1.165) is 38.9 Å². The maximum Gasteiger partial charge on any atom is 0.157 e. The van der Waals surface area contributed by atoms with Gasteiger partial charge in [0.2, 0.25) is 0 Å². The van der Waals surface area contributed by atoms with Crippen molar-refractivity contribution >= 4 is 0 Å². The third-order valence-electron chi connectivity index (χ3n) is 3.96. The molecule has 17 heavy (non-hydrogen) atoms. The lowest BCUT2D eigenvalue weighted by Gasteiger charge is -2.36. The Hall–Kier alpha value is -0.120. The normalized spacial score (nSPS) is 18.5. The maximum atomic E-state index is 10.6. The van der Waals surface area contributed by atoms with Crippen LogP contribution in [0.4, 0.5) is 0 Å². The van der Waals surface area contributed by atoms with Crippen molar-refractivity contribution in [3.05, 3.63) is 0 Å². The molecule has 1 saturated heterocycles. The van der Waals surface area contributed by atoms with Crippen LogP contribution in [0.15, 0.2) is 0 Å². The molecule has 0 aromatic rings. The van der Waals surface area contributed by atoms with Crippen LogP contribution in [0, 0.1) is 11.8 Å². The van der Waals surface area contributed by atoms with E-state index in [-0.39, 0.29) is 6.29 Å². The topological polar surface area (TPSA) is 38.7 Å². The highest BCUT2D eigenvalue weighted by Crippen LogP contribution is 2.31. The van der Waals surface area contributed by atoms with Gasteiger partial charge in [0, 0.05) is 0 Å². The molecule has 0 atom stereocenters. The van der Waals surface area contributed by atoms with Crippen LogP contribution in [0.1, 0.15) is 53.4 Å². The van der Waals surface area contributed by atoms with Gasteiger partial charge in [0.25, 0.3) is 0 Å². The molecule has 0 radical (unpaired) electrons. The first-order valence-electron chi connectivity index (χ1n) is 6.92. The number of rotatable bonds is 7. The Bertz CT molecular complexity index is 200. The van der Waals surface area contributed by atoms with Crippen molar-refractivity contribution in [3.63, 3.8) is 0 Å². The fourth-order valence-corrected chi connectivity index (χ4v) is 2.54. The smallest absolute Gasteiger partial charge is 0.157 e. The van der Waals surface area contributed by atoms with Gasteiger partial charge in [0.15, 0.2) is 6.29 Å². The molecule has 1 aliphatic heterocycles. The van der Waals surface area contributed by atoms with Crippen LogP contribution in [0.2, 0.25) is 0 Å². The first-order chi connectivity index (χ1) is 7.97. The Morgan fingerprint density at radius 2 is 1.59 bits per heavy atom. The Morgan fingerprint density at radius 1 is 1.06 bits per heavy atom. The molecule has 102 valence electrons. The number of hydrogen-bond donors (Lipinski definition) is 1. The molecule has 0 saturated carbocycles. The lowest BCUT2D eigenvalue weighted by atomic mass is 9.77. The SMILES string of the molecule is CC(C)C(O)(CCCCC1OCCO1)C(C)C. The summed E-state index contributed by atoms with van der Waals surface area (Å²) in [6.07, 6.45) is 3.92. The molecule has 0 aliphatic carbocycles. The first kappa shape index (κ1) is 14.9. The Morgan fingerprint density at radius 3 is 2.06 bits per heavy atom. The van der Waals surface area contributed by atoms with Crippen LogP contribution in [0.25, 0.3) is 0 Å². The maximum absolute atomic E-state index is 10.6. The fourth-order valence-electron chi connectivity index (χ4n) is 2.54. The van der Waals surface area contributed by atoms with Gasteiger partial charge in [-0.25, -0.2) is 0 Å². The highest BCUT2D eigenvalue weighted by Gasteiger charge is 2.33. The minimum atomic E-state index is -0.530. The molecule has 1 fully saturated rings. The van der Waals surface area contributed by atoms with Crippen molar-refractivity contribution in [3.8, 4) is 0 Å². The second-order valence-electron chi connectivity index (χ2n) is 5.72. The molecule has 1 N–H and O–H groups in total. The molecular formula is C14H28O3. The molecule has 0 aromatic heterocycles. The monoisotopic (exact) mass is 244 g/mol. The largest absolute Gasteiger partial charge is 0.389 e.